The Labute approximate surface area is 142 Å². The van der Waals surface area contributed by atoms with Gasteiger partial charge < -0.3 is 14.2 Å². The molecule has 0 aromatic carbocycles. The van der Waals surface area contributed by atoms with Gasteiger partial charge in [-0.2, -0.15) is 18.2 Å². The molecule has 1 saturated heterocycles. The van der Waals surface area contributed by atoms with E-state index in [-0.39, 0.29) is 12.6 Å². The number of aromatic nitrogens is 4. The summed E-state index contributed by atoms with van der Waals surface area (Å²) < 4.78 is 48.2. The molecule has 0 radical (unpaired) electrons. The fourth-order valence-corrected chi connectivity index (χ4v) is 2.87. The molecule has 1 fully saturated rings. The van der Waals surface area contributed by atoms with Crippen molar-refractivity contribution in [2.24, 2.45) is 0 Å². The topological polar surface area (TPSA) is 77.2 Å². The molecule has 1 aliphatic heterocycles. The molecule has 1 atom stereocenters. The van der Waals surface area contributed by atoms with Crippen molar-refractivity contribution in [3.8, 4) is 0 Å². The number of hydrogen-bond acceptors (Lipinski definition) is 7. The van der Waals surface area contributed by atoms with Crippen molar-refractivity contribution in [3.05, 3.63) is 29.5 Å². The summed E-state index contributed by atoms with van der Waals surface area (Å²) in [5.41, 5.74) is -1.01. The van der Waals surface area contributed by atoms with Crippen LogP contribution in [0.1, 0.15) is 49.1 Å². The van der Waals surface area contributed by atoms with Gasteiger partial charge in [-0.3, -0.25) is 0 Å². The Kier molecular flexibility index (Phi) is 5.16. The monoisotopic (exact) mass is 357 g/mol. The van der Waals surface area contributed by atoms with Gasteiger partial charge >= 0.3 is 6.18 Å². The molecule has 1 unspecified atom stereocenters. The van der Waals surface area contributed by atoms with Crippen LogP contribution in [0.3, 0.4) is 0 Å². The summed E-state index contributed by atoms with van der Waals surface area (Å²) in [6.07, 6.45) is -0.865. The zero-order chi connectivity index (χ0) is 17.9. The molecule has 2 aromatic heterocycles. The molecule has 136 valence electrons. The molecule has 2 aromatic rings. The van der Waals surface area contributed by atoms with E-state index in [4.69, 9.17) is 9.26 Å². The van der Waals surface area contributed by atoms with E-state index in [1.54, 1.807) is 0 Å². The van der Waals surface area contributed by atoms with Gasteiger partial charge in [0.15, 0.2) is 17.3 Å². The summed E-state index contributed by atoms with van der Waals surface area (Å²) in [6, 6.07) is 2.06. The van der Waals surface area contributed by atoms with Crippen molar-refractivity contribution >= 4 is 5.82 Å². The Hall–Kier alpha value is -2.23. The third-order valence-corrected chi connectivity index (χ3v) is 4.04. The Balaban J connectivity index is 1.87. The third-order valence-electron chi connectivity index (χ3n) is 4.04. The van der Waals surface area contributed by atoms with E-state index >= 15 is 0 Å². The van der Waals surface area contributed by atoms with Crippen LogP contribution in [0.25, 0.3) is 0 Å². The molecule has 0 amide bonds. The molecule has 0 aliphatic carbocycles. The molecular formula is C15H18F3N5O2. The van der Waals surface area contributed by atoms with Crippen LogP contribution in [-0.4, -0.2) is 34.0 Å². The second-order valence-electron chi connectivity index (χ2n) is 5.81. The highest BCUT2D eigenvalue weighted by atomic mass is 19.4. The maximum absolute atomic E-state index is 12.7. The zero-order valence-electron chi connectivity index (χ0n) is 13.7. The first-order valence-corrected chi connectivity index (χ1v) is 7.98. The highest BCUT2D eigenvalue weighted by Gasteiger charge is 2.34. The minimum Gasteiger partial charge on any atom is -0.375 e. The number of methoxy groups -OCH3 is 1. The molecule has 1 aliphatic rings. The smallest absolute Gasteiger partial charge is 0.375 e. The number of anilines is 1. The molecule has 7 nitrogen and oxygen atoms in total. The summed E-state index contributed by atoms with van der Waals surface area (Å²) in [4.78, 5) is 6.22. The van der Waals surface area contributed by atoms with Gasteiger partial charge in [-0.1, -0.05) is 18.0 Å². The van der Waals surface area contributed by atoms with Crippen molar-refractivity contribution in [2.75, 3.05) is 18.6 Å². The minimum absolute atomic E-state index is 0.208. The molecular weight excluding hydrogens is 339 g/mol. The fourth-order valence-electron chi connectivity index (χ4n) is 2.87. The largest absolute Gasteiger partial charge is 0.435 e. The molecule has 0 saturated carbocycles. The van der Waals surface area contributed by atoms with E-state index in [0.29, 0.717) is 24.1 Å². The van der Waals surface area contributed by atoms with Crippen LogP contribution in [0, 0.1) is 0 Å². The highest BCUT2D eigenvalue weighted by molar-refractivity contribution is 5.40. The van der Waals surface area contributed by atoms with Crippen LogP contribution in [0.15, 0.2) is 16.7 Å². The second kappa shape index (κ2) is 7.34. The lowest BCUT2D eigenvalue weighted by atomic mass is 10.1. The summed E-state index contributed by atoms with van der Waals surface area (Å²) in [5.74, 6) is 1.22. The van der Waals surface area contributed by atoms with Crippen molar-refractivity contribution in [1.29, 1.82) is 0 Å². The van der Waals surface area contributed by atoms with Crippen molar-refractivity contribution < 1.29 is 22.4 Å². The SMILES string of the molecule is COCc1nc(C2CCCCCN2c2ccc(C(F)(F)F)nn2)no1. The summed E-state index contributed by atoms with van der Waals surface area (Å²) in [7, 11) is 1.53. The van der Waals surface area contributed by atoms with Gasteiger partial charge in [0.25, 0.3) is 5.89 Å². The predicted molar refractivity (Wildman–Crippen MR) is 80.6 cm³/mol. The van der Waals surface area contributed by atoms with Crippen molar-refractivity contribution in [1.82, 2.24) is 20.3 Å². The van der Waals surface area contributed by atoms with Crippen molar-refractivity contribution in [3.63, 3.8) is 0 Å². The number of halogens is 3. The van der Waals surface area contributed by atoms with E-state index in [1.165, 1.54) is 13.2 Å². The van der Waals surface area contributed by atoms with Crippen LogP contribution in [-0.2, 0) is 17.5 Å². The fraction of sp³-hybridized carbons (Fsp3) is 0.600. The van der Waals surface area contributed by atoms with Gasteiger partial charge in [-0.25, -0.2) is 0 Å². The maximum atomic E-state index is 12.7. The molecule has 3 rings (SSSR count). The Morgan fingerprint density at radius 2 is 2.08 bits per heavy atom. The number of rotatable bonds is 4. The first-order valence-electron chi connectivity index (χ1n) is 7.98. The van der Waals surface area contributed by atoms with Gasteiger partial charge in [-0.05, 0) is 25.0 Å². The standard InChI is InChI=1S/C15H18F3N5O2/c1-24-9-13-19-14(22-25-13)10-5-3-2-4-8-23(10)12-7-6-11(20-21-12)15(16,17)18/h6-7,10H,2-5,8-9H2,1H3. The lowest BCUT2D eigenvalue weighted by Gasteiger charge is -2.28. The molecule has 10 heteroatoms. The minimum atomic E-state index is -4.51. The van der Waals surface area contributed by atoms with Crippen molar-refractivity contribution in [2.45, 2.75) is 44.5 Å². The first-order chi connectivity index (χ1) is 12.0. The normalized spacial score (nSPS) is 19.0. The van der Waals surface area contributed by atoms with Gasteiger partial charge in [-0.15, -0.1) is 10.2 Å². The quantitative estimate of drug-likeness (QED) is 0.832. The Morgan fingerprint density at radius 1 is 1.24 bits per heavy atom. The molecule has 0 spiro atoms. The van der Waals surface area contributed by atoms with E-state index in [1.807, 2.05) is 4.90 Å². The van der Waals surface area contributed by atoms with E-state index < -0.39 is 11.9 Å². The number of alkyl halides is 3. The molecule has 0 bridgehead atoms. The summed E-state index contributed by atoms with van der Waals surface area (Å²) >= 11 is 0. The molecule has 25 heavy (non-hydrogen) atoms. The third kappa shape index (κ3) is 4.06. The van der Waals surface area contributed by atoms with Crippen LogP contribution in [0.4, 0.5) is 19.0 Å². The van der Waals surface area contributed by atoms with E-state index in [0.717, 1.165) is 31.7 Å². The highest BCUT2D eigenvalue weighted by Crippen LogP contribution is 2.33. The van der Waals surface area contributed by atoms with E-state index in [2.05, 4.69) is 20.3 Å². The zero-order valence-corrected chi connectivity index (χ0v) is 13.7. The number of nitrogens with zero attached hydrogens (tertiary/aromatic N) is 5. The Morgan fingerprint density at radius 3 is 2.76 bits per heavy atom. The van der Waals surface area contributed by atoms with E-state index in [9.17, 15) is 13.2 Å². The predicted octanol–water partition coefficient (Wildman–Crippen LogP) is 3.15. The molecule has 3 heterocycles. The van der Waals surface area contributed by atoms with Gasteiger partial charge in [0.2, 0.25) is 0 Å². The van der Waals surface area contributed by atoms with Crippen LogP contribution < -0.4 is 4.90 Å². The second-order valence-corrected chi connectivity index (χ2v) is 5.81. The number of ether oxygens (including phenoxy) is 1. The summed E-state index contributed by atoms with van der Waals surface area (Å²) in [5, 5.41) is 11.1. The lowest BCUT2D eigenvalue weighted by Crippen LogP contribution is -2.30. The summed E-state index contributed by atoms with van der Waals surface area (Å²) in [6.45, 7) is 0.846. The Bertz CT molecular complexity index is 689. The van der Waals surface area contributed by atoms with Crippen LogP contribution in [0.5, 0.6) is 0 Å². The average Bonchev–Trinajstić information content (AvgIpc) is 2.90. The first kappa shape index (κ1) is 17.6. The number of hydrogen-bond donors (Lipinski definition) is 0. The lowest BCUT2D eigenvalue weighted by molar-refractivity contribution is -0.141. The van der Waals surface area contributed by atoms with Crippen LogP contribution >= 0.6 is 0 Å². The van der Waals surface area contributed by atoms with Gasteiger partial charge in [0, 0.05) is 13.7 Å². The van der Waals surface area contributed by atoms with Crippen LogP contribution in [0.2, 0.25) is 0 Å². The van der Waals surface area contributed by atoms with Gasteiger partial charge in [0.05, 0.1) is 6.04 Å². The maximum Gasteiger partial charge on any atom is 0.435 e. The molecule has 0 N–H and O–H groups in total. The van der Waals surface area contributed by atoms with Gasteiger partial charge in [0.1, 0.15) is 6.61 Å². The average molecular weight is 357 g/mol.